The number of urea groups is 1. The van der Waals surface area contributed by atoms with E-state index in [0.717, 1.165) is 48.6 Å². The number of rotatable bonds is 5. The normalized spacial score (nSPS) is 43.0. The van der Waals surface area contributed by atoms with Crippen LogP contribution in [0.4, 0.5) is 4.79 Å². The second kappa shape index (κ2) is 8.98. The molecule has 6 heteroatoms. The Labute approximate surface area is 193 Å². The van der Waals surface area contributed by atoms with Crippen molar-refractivity contribution in [3.05, 3.63) is 0 Å². The van der Waals surface area contributed by atoms with Crippen molar-refractivity contribution in [2.75, 3.05) is 7.11 Å². The molecule has 0 spiro atoms. The highest BCUT2D eigenvalue weighted by atomic mass is 16.5. The largest absolute Gasteiger partial charge is 0.469 e. The van der Waals surface area contributed by atoms with Gasteiger partial charge in [-0.25, -0.2) is 10.2 Å². The predicted octanol–water partition coefficient (Wildman–Crippen LogP) is 5.26. The number of esters is 1. The fraction of sp³-hybridized carbons (Fsp3) is 0.885. The van der Waals surface area contributed by atoms with Crippen LogP contribution < -0.4 is 11.2 Å². The van der Waals surface area contributed by atoms with E-state index >= 15 is 0 Å². The molecule has 0 radical (unpaired) electrons. The lowest BCUT2D eigenvalue weighted by atomic mass is 9.44. The lowest BCUT2D eigenvalue weighted by Crippen LogP contribution is -2.54. The number of primary amides is 1. The second-order valence-corrected chi connectivity index (χ2v) is 11.8. The van der Waals surface area contributed by atoms with Crippen molar-refractivity contribution in [2.45, 2.75) is 91.4 Å². The first-order valence-electron chi connectivity index (χ1n) is 12.9. The molecule has 0 saturated heterocycles. The van der Waals surface area contributed by atoms with Gasteiger partial charge >= 0.3 is 12.0 Å². The van der Waals surface area contributed by atoms with Gasteiger partial charge in [-0.2, -0.15) is 5.10 Å². The van der Waals surface area contributed by atoms with Crippen LogP contribution in [0.25, 0.3) is 0 Å². The van der Waals surface area contributed by atoms with Crippen LogP contribution >= 0.6 is 0 Å². The van der Waals surface area contributed by atoms with Crippen molar-refractivity contribution >= 4 is 17.7 Å². The number of carbonyl (C=O) groups is 2. The van der Waals surface area contributed by atoms with Crippen LogP contribution in [0.3, 0.4) is 0 Å². The van der Waals surface area contributed by atoms with E-state index in [1.54, 1.807) is 0 Å². The minimum Gasteiger partial charge on any atom is -0.469 e. The molecular formula is C26H43N3O3. The van der Waals surface area contributed by atoms with E-state index in [2.05, 4.69) is 31.3 Å². The molecule has 0 unspecified atom stereocenters. The van der Waals surface area contributed by atoms with Gasteiger partial charge in [0, 0.05) is 12.1 Å². The molecule has 0 aliphatic heterocycles. The van der Waals surface area contributed by atoms with Crippen molar-refractivity contribution in [3.63, 3.8) is 0 Å². The molecule has 0 aromatic rings. The third-order valence-corrected chi connectivity index (χ3v) is 10.6. The van der Waals surface area contributed by atoms with Crippen molar-refractivity contribution in [3.8, 4) is 0 Å². The summed E-state index contributed by atoms with van der Waals surface area (Å²) in [7, 11) is 1.49. The third-order valence-electron chi connectivity index (χ3n) is 10.6. The number of nitrogens with one attached hydrogen (secondary N) is 1. The topological polar surface area (TPSA) is 93.8 Å². The highest BCUT2D eigenvalue weighted by Gasteiger charge is 2.60. The fourth-order valence-corrected chi connectivity index (χ4v) is 8.92. The van der Waals surface area contributed by atoms with Gasteiger partial charge < -0.3 is 10.5 Å². The molecular weight excluding hydrogens is 402 g/mol. The van der Waals surface area contributed by atoms with Crippen LogP contribution in [0, 0.1) is 46.3 Å². The summed E-state index contributed by atoms with van der Waals surface area (Å²) in [5.41, 5.74) is 9.59. The first kappa shape index (κ1) is 23.6. The van der Waals surface area contributed by atoms with Crippen molar-refractivity contribution in [2.24, 2.45) is 57.2 Å². The number of nitrogens with zero attached hydrogens (tertiary/aromatic N) is 1. The molecule has 4 saturated carbocycles. The number of hydrogen-bond donors (Lipinski definition) is 2. The minimum atomic E-state index is -0.572. The highest BCUT2D eigenvalue weighted by Crippen LogP contribution is 2.68. The number of amides is 2. The van der Waals surface area contributed by atoms with Gasteiger partial charge in [0.05, 0.1) is 7.11 Å². The monoisotopic (exact) mass is 445 g/mol. The van der Waals surface area contributed by atoms with Gasteiger partial charge in [0.1, 0.15) is 0 Å². The van der Waals surface area contributed by atoms with Crippen LogP contribution in [0.2, 0.25) is 0 Å². The van der Waals surface area contributed by atoms with E-state index in [0.29, 0.717) is 29.1 Å². The van der Waals surface area contributed by atoms with Gasteiger partial charge in [-0.15, -0.1) is 0 Å². The van der Waals surface area contributed by atoms with Gasteiger partial charge in [0.2, 0.25) is 0 Å². The molecule has 8 atom stereocenters. The Morgan fingerprint density at radius 3 is 2.59 bits per heavy atom. The zero-order valence-corrected chi connectivity index (χ0v) is 20.5. The Balaban J connectivity index is 1.45. The maximum absolute atomic E-state index is 11.7. The van der Waals surface area contributed by atoms with Crippen LogP contribution in [0.15, 0.2) is 5.10 Å². The number of carbonyl (C=O) groups excluding carboxylic acids is 2. The van der Waals surface area contributed by atoms with Crippen molar-refractivity contribution in [1.82, 2.24) is 5.43 Å². The van der Waals surface area contributed by atoms with Gasteiger partial charge in [-0.1, -0.05) is 20.8 Å². The minimum absolute atomic E-state index is 0.0715. The Morgan fingerprint density at radius 2 is 1.88 bits per heavy atom. The summed E-state index contributed by atoms with van der Waals surface area (Å²) in [5, 5.41) is 4.30. The molecule has 0 aromatic heterocycles. The molecule has 4 rings (SSSR count). The number of ether oxygens (including phenoxy) is 1. The summed E-state index contributed by atoms with van der Waals surface area (Å²) < 4.78 is 4.89. The first-order valence-corrected chi connectivity index (χ1v) is 12.9. The molecule has 0 bridgehead atoms. The summed E-state index contributed by atoms with van der Waals surface area (Å²) in [6.45, 7) is 7.50. The quantitative estimate of drug-likeness (QED) is 0.446. The Morgan fingerprint density at radius 1 is 1.12 bits per heavy atom. The average molecular weight is 446 g/mol. The molecule has 6 nitrogen and oxygen atoms in total. The van der Waals surface area contributed by atoms with Gasteiger partial charge in [-0.3, -0.25) is 4.79 Å². The highest BCUT2D eigenvalue weighted by molar-refractivity contribution is 5.87. The number of hydrazone groups is 1. The molecule has 4 fully saturated rings. The maximum atomic E-state index is 11.7. The molecule has 4 aliphatic carbocycles. The second-order valence-electron chi connectivity index (χ2n) is 11.8. The van der Waals surface area contributed by atoms with Crippen LogP contribution in [-0.2, 0) is 9.53 Å². The van der Waals surface area contributed by atoms with Crippen molar-refractivity contribution in [1.29, 1.82) is 0 Å². The van der Waals surface area contributed by atoms with E-state index < -0.39 is 6.03 Å². The Hall–Kier alpha value is -1.59. The van der Waals surface area contributed by atoms with Crippen LogP contribution in [-0.4, -0.2) is 24.8 Å². The number of methoxy groups -OCH3 is 1. The summed E-state index contributed by atoms with van der Waals surface area (Å²) in [4.78, 5) is 22.7. The third kappa shape index (κ3) is 4.07. The number of hydrogen-bond acceptors (Lipinski definition) is 4. The molecule has 180 valence electrons. The fourth-order valence-electron chi connectivity index (χ4n) is 8.92. The zero-order valence-electron chi connectivity index (χ0n) is 20.5. The van der Waals surface area contributed by atoms with Gasteiger partial charge in [0.15, 0.2) is 0 Å². The molecule has 0 heterocycles. The SMILES string of the molecule is COC(=O)CC[C@H](C)[C@H]1CC[C@H]2[C@H]3CC[C@@H]4C/C(=N\NC(N)=O)CC[C@]4(C)[C@@H]3CC[C@]12C. The van der Waals surface area contributed by atoms with Crippen molar-refractivity contribution < 1.29 is 14.3 Å². The number of nitrogens with two attached hydrogens (primary N) is 1. The van der Waals surface area contributed by atoms with E-state index in [-0.39, 0.29) is 5.97 Å². The lowest BCUT2D eigenvalue weighted by Gasteiger charge is -2.60. The summed E-state index contributed by atoms with van der Waals surface area (Å²) >= 11 is 0. The van der Waals surface area contributed by atoms with Crippen LogP contribution in [0.5, 0.6) is 0 Å². The van der Waals surface area contributed by atoms with Gasteiger partial charge in [0.25, 0.3) is 0 Å². The summed E-state index contributed by atoms with van der Waals surface area (Å²) in [6, 6.07) is -0.572. The molecule has 32 heavy (non-hydrogen) atoms. The van der Waals surface area contributed by atoms with E-state index in [1.165, 1.54) is 52.1 Å². The number of fused-ring (bicyclic) bond motifs is 5. The summed E-state index contributed by atoms with van der Waals surface area (Å²) in [6.07, 6.45) is 12.7. The van der Waals surface area contributed by atoms with Crippen LogP contribution in [0.1, 0.15) is 91.4 Å². The zero-order chi connectivity index (χ0) is 23.1. The standard InChI is InChI=1S/C26H43N3O3/c1-16(5-10-23(30)32-4)20-8-9-21-19-7-6-17-15-18(28-29-24(27)31)11-13-25(17,2)22(19)12-14-26(20,21)3/h16-17,19-22H,5-15H2,1-4H3,(H3,27,29,31)/b28-18-/t16-,17+,19+,20+,21-,22+,25-,26+/m0/s1. The Bertz CT molecular complexity index is 767. The predicted molar refractivity (Wildman–Crippen MR) is 126 cm³/mol. The molecule has 4 aliphatic rings. The first-order chi connectivity index (χ1) is 15.2. The average Bonchev–Trinajstić information content (AvgIpc) is 3.12. The molecule has 2 amide bonds. The molecule has 0 aromatic carbocycles. The maximum Gasteiger partial charge on any atom is 0.332 e. The van der Waals surface area contributed by atoms with E-state index in [1.807, 2.05) is 0 Å². The van der Waals surface area contributed by atoms with E-state index in [9.17, 15) is 9.59 Å². The van der Waals surface area contributed by atoms with Gasteiger partial charge in [-0.05, 0) is 111 Å². The lowest BCUT2D eigenvalue weighted by molar-refractivity contribution is -0.141. The Kier molecular flexibility index (Phi) is 6.61. The summed E-state index contributed by atoms with van der Waals surface area (Å²) in [5.74, 6) is 4.40. The smallest absolute Gasteiger partial charge is 0.332 e. The van der Waals surface area contributed by atoms with E-state index in [4.69, 9.17) is 10.5 Å². The molecule has 3 N–H and O–H groups in total.